The van der Waals surface area contributed by atoms with Gasteiger partial charge in [0.05, 0.1) is 11.4 Å². The number of fused-ring (bicyclic) bond motifs is 1. The van der Waals surface area contributed by atoms with Crippen molar-refractivity contribution >= 4 is 17.7 Å². The van der Waals surface area contributed by atoms with Gasteiger partial charge in [-0.05, 0) is 43.4 Å². The number of aryl methyl sites for hydroxylation is 1. The van der Waals surface area contributed by atoms with Gasteiger partial charge in [0.25, 0.3) is 5.56 Å². The van der Waals surface area contributed by atoms with Gasteiger partial charge in [0, 0.05) is 12.1 Å². The molecule has 0 radical (unpaired) electrons. The molecule has 1 aromatic carbocycles. The molecule has 1 amide bonds. The van der Waals surface area contributed by atoms with Crippen LogP contribution in [0, 0.1) is 5.82 Å². The second-order valence-corrected chi connectivity index (χ2v) is 6.66. The molecule has 1 aromatic heterocycles. The normalized spacial score (nSPS) is 13.4. The second kappa shape index (κ2) is 7.61. The van der Waals surface area contributed by atoms with Gasteiger partial charge in [-0.25, -0.2) is 9.37 Å². The minimum Gasteiger partial charge on any atom is -0.351 e. The summed E-state index contributed by atoms with van der Waals surface area (Å²) < 4.78 is 12.8. The molecule has 1 aliphatic rings. The Morgan fingerprint density at radius 3 is 2.79 bits per heavy atom. The molecule has 2 N–H and O–H groups in total. The summed E-state index contributed by atoms with van der Waals surface area (Å²) in [6.07, 6.45) is 3.67. The summed E-state index contributed by atoms with van der Waals surface area (Å²) in [5.74, 6) is -0.295. The van der Waals surface area contributed by atoms with Crippen molar-refractivity contribution < 1.29 is 9.18 Å². The first-order valence-electron chi connectivity index (χ1n) is 7.88. The van der Waals surface area contributed by atoms with Crippen molar-refractivity contribution in [2.45, 2.75) is 37.4 Å². The number of H-pyrrole nitrogens is 1. The van der Waals surface area contributed by atoms with Crippen molar-refractivity contribution in [3.63, 3.8) is 0 Å². The maximum atomic E-state index is 12.8. The van der Waals surface area contributed by atoms with Crippen LogP contribution in [0.2, 0.25) is 0 Å². The van der Waals surface area contributed by atoms with E-state index in [9.17, 15) is 14.0 Å². The molecule has 1 aliphatic carbocycles. The minimum absolute atomic E-state index is 0.0890. The van der Waals surface area contributed by atoms with E-state index in [2.05, 4.69) is 15.3 Å². The zero-order valence-electron chi connectivity index (χ0n) is 13.1. The summed E-state index contributed by atoms with van der Waals surface area (Å²) in [6, 6.07) is 5.98. The van der Waals surface area contributed by atoms with Crippen LogP contribution in [0.3, 0.4) is 0 Å². The van der Waals surface area contributed by atoms with Gasteiger partial charge in [-0.1, -0.05) is 23.9 Å². The van der Waals surface area contributed by atoms with Crippen LogP contribution < -0.4 is 10.9 Å². The van der Waals surface area contributed by atoms with Crippen LogP contribution in [-0.2, 0) is 24.2 Å². The Balaban J connectivity index is 1.53. The largest absolute Gasteiger partial charge is 0.351 e. The molecule has 2 aromatic rings. The van der Waals surface area contributed by atoms with Crippen molar-refractivity contribution in [2.24, 2.45) is 0 Å². The minimum atomic E-state index is -0.303. The molecule has 0 unspecified atom stereocenters. The van der Waals surface area contributed by atoms with E-state index >= 15 is 0 Å². The lowest BCUT2D eigenvalue weighted by molar-refractivity contribution is -0.118. The van der Waals surface area contributed by atoms with Gasteiger partial charge in [0.1, 0.15) is 5.82 Å². The van der Waals surface area contributed by atoms with Crippen molar-refractivity contribution in [3.05, 3.63) is 57.3 Å². The lowest BCUT2D eigenvalue weighted by Gasteiger charge is -2.14. The first kappa shape index (κ1) is 16.7. The Kier molecular flexibility index (Phi) is 5.30. The quantitative estimate of drug-likeness (QED) is 0.642. The van der Waals surface area contributed by atoms with Crippen LogP contribution in [0.4, 0.5) is 4.39 Å². The molecule has 0 fully saturated rings. The molecule has 0 spiro atoms. The third-order valence-electron chi connectivity index (χ3n) is 3.91. The predicted molar refractivity (Wildman–Crippen MR) is 90.5 cm³/mol. The number of benzene rings is 1. The molecule has 0 saturated heterocycles. The fourth-order valence-electron chi connectivity index (χ4n) is 2.64. The third kappa shape index (κ3) is 4.23. The van der Waals surface area contributed by atoms with Crippen molar-refractivity contribution in [1.29, 1.82) is 0 Å². The molecular formula is C17H18FN3O2S. The number of carbonyl (C=O) groups excluding carboxylic acids is 1. The number of hydrogen-bond donors (Lipinski definition) is 2. The standard InChI is InChI=1S/C17H18FN3O2S/c18-12-7-5-11(6-8-12)9-19-15(22)10-24-17-20-14-4-2-1-3-13(14)16(23)21-17/h5-8H,1-4,9-10H2,(H,19,22)(H,20,21,23). The van der Waals surface area contributed by atoms with E-state index < -0.39 is 0 Å². The molecule has 7 heteroatoms. The number of nitrogens with one attached hydrogen (secondary N) is 2. The lowest BCUT2D eigenvalue weighted by atomic mass is 9.97. The molecular weight excluding hydrogens is 329 g/mol. The Morgan fingerprint density at radius 1 is 1.25 bits per heavy atom. The highest BCUT2D eigenvalue weighted by atomic mass is 32.2. The third-order valence-corrected chi connectivity index (χ3v) is 4.79. The van der Waals surface area contributed by atoms with Crippen LogP contribution >= 0.6 is 11.8 Å². The SMILES string of the molecule is O=C(CSc1nc2c(c(=O)[nH]1)CCCC2)NCc1ccc(F)cc1. The van der Waals surface area contributed by atoms with Gasteiger partial charge in [0.15, 0.2) is 5.16 Å². The molecule has 5 nitrogen and oxygen atoms in total. The van der Waals surface area contributed by atoms with Crippen LogP contribution in [0.25, 0.3) is 0 Å². The maximum Gasteiger partial charge on any atom is 0.254 e. The lowest BCUT2D eigenvalue weighted by Crippen LogP contribution is -2.25. The van der Waals surface area contributed by atoms with E-state index in [-0.39, 0.29) is 23.0 Å². The van der Waals surface area contributed by atoms with Gasteiger partial charge in [-0.3, -0.25) is 9.59 Å². The number of aromatic nitrogens is 2. The zero-order chi connectivity index (χ0) is 16.9. The Morgan fingerprint density at radius 2 is 2.00 bits per heavy atom. The van der Waals surface area contributed by atoms with Gasteiger partial charge in [-0.15, -0.1) is 0 Å². The number of rotatable bonds is 5. The summed E-state index contributed by atoms with van der Waals surface area (Å²) in [7, 11) is 0. The first-order valence-corrected chi connectivity index (χ1v) is 8.86. The van der Waals surface area contributed by atoms with Crippen LogP contribution in [-0.4, -0.2) is 21.6 Å². The number of aromatic amines is 1. The summed E-state index contributed by atoms with van der Waals surface area (Å²) >= 11 is 1.21. The number of halogens is 1. The Hall–Kier alpha value is -2.15. The van der Waals surface area contributed by atoms with Crippen molar-refractivity contribution in [3.8, 4) is 0 Å². The van der Waals surface area contributed by atoms with E-state index in [1.165, 1.54) is 23.9 Å². The molecule has 3 rings (SSSR count). The number of thioether (sulfide) groups is 1. The fraction of sp³-hybridized carbons (Fsp3) is 0.353. The molecule has 0 aliphatic heterocycles. The zero-order valence-corrected chi connectivity index (χ0v) is 13.9. The van der Waals surface area contributed by atoms with Crippen molar-refractivity contribution in [1.82, 2.24) is 15.3 Å². The van der Waals surface area contributed by atoms with Gasteiger partial charge < -0.3 is 10.3 Å². The Labute approximate surface area is 143 Å². The average Bonchev–Trinajstić information content (AvgIpc) is 2.59. The highest BCUT2D eigenvalue weighted by molar-refractivity contribution is 7.99. The molecule has 126 valence electrons. The molecule has 0 atom stereocenters. The number of hydrogen-bond acceptors (Lipinski definition) is 4. The smallest absolute Gasteiger partial charge is 0.254 e. The van der Waals surface area contributed by atoms with E-state index in [0.717, 1.165) is 42.5 Å². The van der Waals surface area contributed by atoms with E-state index in [1.807, 2.05) is 0 Å². The van der Waals surface area contributed by atoms with Gasteiger partial charge in [-0.2, -0.15) is 0 Å². The van der Waals surface area contributed by atoms with E-state index in [4.69, 9.17) is 0 Å². The number of nitrogens with zero attached hydrogens (tertiary/aromatic N) is 1. The molecule has 0 saturated carbocycles. The van der Waals surface area contributed by atoms with Crippen LogP contribution in [0.1, 0.15) is 29.7 Å². The maximum absolute atomic E-state index is 12.8. The summed E-state index contributed by atoms with van der Waals surface area (Å²) in [5.41, 5.74) is 2.38. The predicted octanol–water partition coefficient (Wildman–Crippen LogP) is 2.20. The number of amides is 1. The average molecular weight is 347 g/mol. The Bertz CT molecular complexity index is 789. The van der Waals surface area contributed by atoms with Crippen LogP contribution in [0.5, 0.6) is 0 Å². The van der Waals surface area contributed by atoms with Gasteiger partial charge in [0.2, 0.25) is 5.91 Å². The van der Waals surface area contributed by atoms with Crippen LogP contribution in [0.15, 0.2) is 34.2 Å². The molecule has 0 bridgehead atoms. The van der Waals surface area contributed by atoms with Crippen molar-refractivity contribution in [2.75, 3.05) is 5.75 Å². The molecule has 24 heavy (non-hydrogen) atoms. The second-order valence-electron chi connectivity index (χ2n) is 5.70. The summed E-state index contributed by atoms with van der Waals surface area (Å²) in [5, 5.41) is 3.25. The topological polar surface area (TPSA) is 74.8 Å². The number of carbonyl (C=O) groups is 1. The summed E-state index contributed by atoms with van der Waals surface area (Å²) in [6.45, 7) is 0.341. The summed E-state index contributed by atoms with van der Waals surface area (Å²) in [4.78, 5) is 31.1. The van der Waals surface area contributed by atoms with E-state index in [1.54, 1.807) is 12.1 Å². The fourth-order valence-corrected chi connectivity index (χ4v) is 3.35. The van der Waals surface area contributed by atoms with E-state index in [0.29, 0.717) is 11.7 Å². The highest BCUT2D eigenvalue weighted by Gasteiger charge is 2.16. The molecule has 1 heterocycles. The van der Waals surface area contributed by atoms with Gasteiger partial charge >= 0.3 is 0 Å². The monoisotopic (exact) mass is 347 g/mol. The first-order chi connectivity index (χ1) is 11.6. The highest BCUT2D eigenvalue weighted by Crippen LogP contribution is 2.19.